The van der Waals surface area contributed by atoms with E-state index < -0.39 is 5.97 Å². The Morgan fingerprint density at radius 3 is 2.38 bits per heavy atom. The van der Waals surface area contributed by atoms with Gasteiger partial charge in [0.05, 0.1) is 19.8 Å². The third-order valence-corrected chi connectivity index (χ3v) is 5.68. The summed E-state index contributed by atoms with van der Waals surface area (Å²) in [6.45, 7) is 2.31. The highest BCUT2D eigenvalue weighted by Crippen LogP contribution is 2.39. The Bertz CT molecular complexity index is 1230. The van der Waals surface area contributed by atoms with E-state index in [-0.39, 0.29) is 19.0 Å². The molecule has 0 unspecified atom stereocenters. The Hall–Kier alpha value is -3.64. The predicted octanol–water partition coefficient (Wildman–Crippen LogP) is 4.88. The molecule has 4 rings (SSSR count). The number of nitrogens with two attached hydrogens (primary N) is 1. The number of carbonyl (C=O) groups is 1. The van der Waals surface area contributed by atoms with E-state index in [2.05, 4.69) is 0 Å². The van der Waals surface area contributed by atoms with Crippen molar-refractivity contribution in [2.24, 2.45) is 5.73 Å². The van der Waals surface area contributed by atoms with Crippen LogP contribution in [0.2, 0.25) is 0 Å². The number of rotatable bonds is 5. The highest BCUT2D eigenvalue weighted by molar-refractivity contribution is 5.95. The van der Waals surface area contributed by atoms with Crippen LogP contribution >= 0.6 is 0 Å². The van der Waals surface area contributed by atoms with E-state index in [9.17, 15) is 9.18 Å². The summed E-state index contributed by atoms with van der Waals surface area (Å²) in [5.41, 5.74) is 11.8. The Morgan fingerprint density at radius 1 is 1.06 bits per heavy atom. The first kappa shape index (κ1) is 21.6. The van der Waals surface area contributed by atoms with Crippen LogP contribution in [0.15, 0.2) is 54.1 Å². The topological polar surface area (TPSA) is 70.8 Å². The van der Waals surface area contributed by atoms with Gasteiger partial charge < -0.3 is 19.9 Å². The first-order chi connectivity index (χ1) is 15.4. The van der Waals surface area contributed by atoms with E-state index in [1.807, 2.05) is 43.3 Å². The van der Waals surface area contributed by atoms with Gasteiger partial charge in [0.25, 0.3) is 0 Å². The molecule has 0 radical (unpaired) electrons. The number of carbonyl (C=O) groups excluding carboxylic acids is 1. The van der Waals surface area contributed by atoms with Crippen molar-refractivity contribution in [3.63, 3.8) is 0 Å². The first-order valence-electron chi connectivity index (χ1n) is 10.2. The largest absolute Gasteiger partial charge is 0.497 e. The normalized spacial score (nSPS) is 12.5. The molecule has 1 heterocycles. The van der Waals surface area contributed by atoms with Gasteiger partial charge in [0.2, 0.25) is 0 Å². The van der Waals surface area contributed by atoms with Crippen molar-refractivity contribution in [2.75, 3.05) is 20.8 Å². The zero-order valence-electron chi connectivity index (χ0n) is 18.2. The van der Waals surface area contributed by atoms with Gasteiger partial charge in [-0.1, -0.05) is 18.2 Å². The zero-order valence-corrected chi connectivity index (χ0v) is 18.2. The second kappa shape index (κ2) is 8.85. The number of hydrogen-bond donors (Lipinski definition) is 1. The van der Waals surface area contributed by atoms with Crippen LogP contribution in [0.25, 0.3) is 28.3 Å². The van der Waals surface area contributed by atoms with Gasteiger partial charge in [-0.3, -0.25) is 0 Å². The zero-order chi connectivity index (χ0) is 22.8. The molecular formula is C26H24FNO4. The van der Waals surface area contributed by atoms with Crippen LogP contribution in [0.4, 0.5) is 4.39 Å². The van der Waals surface area contributed by atoms with Gasteiger partial charge in [0.1, 0.15) is 23.9 Å². The number of fused-ring (bicyclic) bond motifs is 1. The van der Waals surface area contributed by atoms with Crippen molar-refractivity contribution in [1.29, 1.82) is 0 Å². The Morgan fingerprint density at radius 2 is 1.75 bits per heavy atom. The van der Waals surface area contributed by atoms with Crippen molar-refractivity contribution < 1.29 is 23.4 Å². The van der Waals surface area contributed by atoms with Crippen LogP contribution in [-0.2, 0) is 16.1 Å². The smallest absolute Gasteiger partial charge is 0.337 e. The number of ether oxygens (including phenoxy) is 3. The highest BCUT2D eigenvalue weighted by Gasteiger charge is 2.19. The molecule has 0 saturated carbocycles. The minimum atomic E-state index is -0.413. The molecule has 0 aromatic heterocycles. The van der Waals surface area contributed by atoms with E-state index in [0.717, 1.165) is 33.4 Å². The van der Waals surface area contributed by atoms with E-state index in [0.29, 0.717) is 22.6 Å². The standard InChI is InChI=1S/C26H24FNO4/c1-15-22(16-6-7-25-19(8-16)9-20(14-32-25)26(29)31-3)11-21(30-2)12-23(15)17-4-5-18(13-28)24(27)10-17/h4-12H,13-14,28H2,1-3H3. The monoisotopic (exact) mass is 433 g/mol. The SMILES string of the molecule is COC(=O)C1=Cc2cc(-c3cc(OC)cc(-c4ccc(CN)c(F)c4)c3C)ccc2OC1. The van der Waals surface area contributed by atoms with Crippen molar-refractivity contribution in [3.05, 3.63) is 76.6 Å². The van der Waals surface area contributed by atoms with Crippen molar-refractivity contribution in [3.8, 4) is 33.8 Å². The Balaban J connectivity index is 1.84. The molecule has 5 nitrogen and oxygen atoms in total. The highest BCUT2D eigenvalue weighted by atomic mass is 19.1. The van der Waals surface area contributed by atoms with Gasteiger partial charge in [0, 0.05) is 17.7 Å². The van der Waals surface area contributed by atoms with Crippen LogP contribution in [0.3, 0.4) is 0 Å². The Labute approximate surface area is 186 Å². The third-order valence-electron chi connectivity index (χ3n) is 5.68. The molecule has 0 aliphatic carbocycles. The summed E-state index contributed by atoms with van der Waals surface area (Å²) < 4.78 is 30.5. The van der Waals surface area contributed by atoms with Gasteiger partial charge in [-0.15, -0.1) is 0 Å². The van der Waals surface area contributed by atoms with Gasteiger partial charge in [0.15, 0.2) is 0 Å². The summed E-state index contributed by atoms with van der Waals surface area (Å²) in [5.74, 6) is 0.606. The van der Waals surface area contributed by atoms with Crippen LogP contribution in [-0.4, -0.2) is 26.8 Å². The molecule has 0 atom stereocenters. The van der Waals surface area contributed by atoms with Crippen molar-refractivity contribution in [2.45, 2.75) is 13.5 Å². The van der Waals surface area contributed by atoms with E-state index in [1.165, 1.54) is 13.2 Å². The quantitative estimate of drug-likeness (QED) is 0.581. The molecule has 6 heteroatoms. The number of benzene rings is 3. The lowest BCUT2D eigenvalue weighted by Crippen LogP contribution is -2.15. The minimum Gasteiger partial charge on any atom is -0.497 e. The first-order valence-corrected chi connectivity index (χ1v) is 10.2. The van der Waals surface area contributed by atoms with E-state index in [1.54, 1.807) is 19.3 Å². The third kappa shape index (κ3) is 3.97. The average Bonchev–Trinajstić information content (AvgIpc) is 2.82. The maximum Gasteiger partial charge on any atom is 0.337 e. The van der Waals surface area contributed by atoms with Gasteiger partial charge in [-0.2, -0.15) is 0 Å². The molecule has 2 N–H and O–H groups in total. The number of hydrogen-bond acceptors (Lipinski definition) is 5. The number of methoxy groups -OCH3 is 2. The minimum absolute atomic E-state index is 0.146. The fourth-order valence-electron chi connectivity index (χ4n) is 3.88. The average molecular weight is 433 g/mol. The van der Waals surface area contributed by atoms with Gasteiger partial charge in [-0.05, 0) is 71.1 Å². The number of halogens is 1. The molecule has 0 spiro atoms. The maximum absolute atomic E-state index is 14.4. The lowest BCUT2D eigenvalue weighted by atomic mass is 9.90. The fourth-order valence-corrected chi connectivity index (χ4v) is 3.88. The van der Waals surface area contributed by atoms with Crippen LogP contribution in [0.5, 0.6) is 11.5 Å². The van der Waals surface area contributed by atoms with Crippen LogP contribution in [0.1, 0.15) is 16.7 Å². The lowest BCUT2D eigenvalue weighted by molar-refractivity contribution is -0.136. The molecular weight excluding hydrogens is 409 g/mol. The summed E-state index contributed by atoms with van der Waals surface area (Å²) in [5, 5.41) is 0. The van der Waals surface area contributed by atoms with E-state index in [4.69, 9.17) is 19.9 Å². The maximum atomic E-state index is 14.4. The summed E-state index contributed by atoms with van der Waals surface area (Å²) in [4.78, 5) is 11.9. The number of esters is 1. The molecule has 32 heavy (non-hydrogen) atoms. The van der Waals surface area contributed by atoms with E-state index >= 15 is 0 Å². The lowest BCUT2D eigenvalue weighted by Gasteiger charge is -2.19. The molecule has 3 aromatic carbocycles. The molecule has 0 amide bonds. The van der Waals surface area contributed by atoms with Gasteiger partial charge in [-0.25, -0.2) is 9.18 Å². The fraction of sp³-hybridized carbons (Fsp3) is 0.192. The second-order valence-corrected chi connectivity index (χ2v) is 7.56. The Kier molecular flexibility index (Phi) is 5.97. The molecule has 0 bridgehead atoms. The summed E-state index contributed by atoms with van der Waals surface area (Å²) >= 11 is 0. The molecule has 0 saturated heterocycles. The summed E-state index contributed by atoms with van der Waals surface area (Å²) in [7, 11) is 2.95. The molecule has 0 fully saturated rings. The summed E-state index contributed by atoms with van der Waals surface area (Å²) in [6.07, 6.45) is 1.78. The van der Waals surface area contributed by atoms with Gasteiger partial charge >= 0.3 is 5.97 Å². The van der Waals surface area contributed by atoms with Crippen LogP contribution in [0, 0.1) is 12.7 Å². The summed E-state index contributed by atoms with van der Waals surface area (Å²) in [6, 6.07) is 14.7. The molecule has 164 valence electrons. The van der Waals surface area contributed by atoms with Crippen molar-refractivity contribution >= 4 is 12.0 Å². The molecule has 1 aliphatic heterocycles. The molecule has 1 aliphatic rings. The van der Waals surface area contributed by atoms with Crippen molar-refractivity contribution in [1.82, 2.24) is 0 Å². The van der Waals surface area contributed by atoms with Crippen LogP contribution < -0.4 is 15.2 Å². The molecule has 3 aromatic rings. The predicted molar refractivity (Wildman–Crippen MR) is 122 cm³/mol. The second-order valence-electron chi connectivity index (χ2n) is 7.56.